The van der Waals surface area contributed by atoms with Gasteiger partial charge in [0.05, 0.1) is 18.3 Å². The van der Waals surface area contributed by atoms with E-state index in [4.69, 9.17) is 5.11 Å². The molecule has 1 aliphatic heterocycles. The van der Waals surface area contributed by atoms with Crippen LogP contribution in [0, 0.1) is 11.3 Å². The van der Waals surface area contributed by atoms with Crippen molar-refractivity contribution in [2.75, 3.05) is 18.1 Å². The van der Waals surface area contributed by atoms with Crippen molar-refractivity contribution >= 4 is 28.3 Å². The summed E-state index contributed by atoms with van der Waals surface area (Å²) in [5.41, 5.74) is 2.03. The van der Waals surface area contributed by atoms with Gasteiger partial charge in [0.25, 0.3) is 0 Å². The number of hydrogen-bond donors (Lipinski definition) is 2. The van der Waals surface area contributed by atoms with Gasteiger partial charge in [-0.15, -0.1) is 0 Å². The van der Waals surface area contributed by atoms with Gasteiger partial charge >= 0.3 is 0 Å². The van der Waals surface area contributed by atoms with E-state index >= 15 is 0 Å². The van der Waals surface area contributed by atoms with Crippen molar-refractivity contribution in [1.29, 1.82) is 5.26 Å². The molecule has 3 rings (SSSR count). The SMILES string of the molecule is CC1CN1c1cccc2ccc(/C=C(\C#N)C(=O)CCC(O)CO)cc12. The number of aliphatic hydroxyl groups is 2. The number of carbonyl (C=O) groups is 1. The third-order valence-corrected chi connectivity index (χ3v) is 4.70. The molecule has 2 atom stereocenters. The second-order valence-corrected chi connectivity index (χ2v) is 6.73. The van der Waals surface area contributed by atoms with Crippen LogP contribution in [-0.4, -0.2) is 41.3 Å². The molecule has 1 saturated heterocycles. The highest BCUT2D eigenvalue weighted by molar-refractivity contribution is 6.04. The predicted molar refractivity (Wildman–Crippen MR) is 102 cm³/mol. The van der Waals surface area contributed by atoms with Crippen molar-refractivity contribution in [2.24, 2.45) is 0 Å². The first kappa shape index (κ1) is 18.1. The number of aliphatic hydroxyl groups excluding tert-OH is 2. The van der Waals surface area contributed by atoms with Gasteiger partial charge in [-0.3, -0.25) is 4.79 Å². The summed E-state index contributed by atoms with van der Waals surface area (Å²) in [5.74, 6) is -0.326. The van der Waals surface area contributed by atoms with Gasteiger partial charge in [0.2, 0.25) is 0 Å². The summed E-state index contributed by atoms with van der Waals surface area (Å²) in [5, 5.41) is 29.7. The standard InChI is InChI=1S/C21H22N2O3/c1-14-12-23(14)20-4-2-3-16-6-5-15(10-19(16)20)9-17(11-22)21(26)8-7-18(25)13-24/h2-6,9-10,14,18,24-25H,7-8,12-13H2,1H3/b17-9+. The maximum Gasteiger partial charge on any atom is 0.173 e. The number of carbonyl (C=O) groups excluding carboxylic acids is 1. The number of nitriles is 1. The summed E-state index contributed by atoms with van der Waals surface area (Å²) in [6.45, 7) is 2.82. The van der Waals surface area contributed by atoms with E-state index in [0.717, 1.165) is 22.9 Å². The monoisotopic (exact) mass is 350 g/mol. The van der Waals surface area contributed by atoms with Crippen LogP contribution in [0.2, 0.25) is 0 Å². The Balaban J connectivity index is 1.88. The predicted octanol–water partition coefficient (Wildman–Crippen LogP) is 2.66. The Morgan fingerprint density at radius 3 is 2.85 bits per heavy atom. The second kappa shape index (κ2) is 7.69. The number of Topliss-reactive ketones (excluding diaryl/α,β-unsaturated/α-hetero) is 1. The molecule has 0 saturated carbocycles. The first-order valence-electron chi connectivity index (χ1n) is 8.77. The quantitative estimate of drug-likeness (QED) is 0.456. The number of fused-ring (bicyclic) bond motifs is 1. The van der Waals surface area contributed by atoms with Gasteiger partial charge in [0.1, 0.15) is 6.07 Å². The van der Waals surface area contributed by atoms with Crippen molar-refractivity contribution in [3.05, 3.63) is 47.5 Å². The molecule has 26 heavy (non-hydrogen) atoms. The van der Waals surface area contributed by atoms with Crippen LogP contribution in [0.4, 0.5) is 5.69 Å². The zero-order valence-electron chi connectivity index (χ0n) is 14.7. The Kier molecular flexibility index (Phi) is 5.36. The Morgan fingerprint density at radius 2 is 2.19 bits per heavy atom. The summed E-state index contributed by atoms with van der Waals surface area (Å²) in [6, 6.07) is 14.6. The third-order valence-electron chi connectivity index (χ3n) is 4.70. The van der Waals surface area contributed by atoms with Crippen molar-refractivity contribution in [1.82, 2.24) is 0 Å². The van der Waals surface area contributed by atoms with Gasteiger partial charge in [-0.2, -0.15) is 5.26 Å². The third kappa shape index (κ3) is 3.93. The molecule has 0 aliphatic carbocycles. The number of ketones is 1. The van der Waals surface area contributed by atoms with Crippen molar-refractivity contribution < 1.29 is 15.0 Å². The number of rotatable bonds is 7. The summed E-state index contributed by atoms with van der Waals surface area (Å²) in [7, 11) is 0. The molecule has 2 N–H and O–H groups in total. The molecule has 2 unspecified atom stereocenters. The van der Waals surface area contributed by atoms with Gasteiger partial charge in [-0.1, -0.05) is 24.3 Å². The lowest BCUT2D eigenvalue weighted by molar-refractivity contribution is -0.115. The largest absolute Gasteiger partial charge is 0.394 e. The van der Waals surface area contributed by atoms with E-state index in [1.54, 1.807) is 6.08 Å². The minimum atomic E-state index is -0.934. The second-order valence-electron chi connectivity index (χ2n) is 6.73. The van der Waals surface area contributed by atoms with Crippen LogP contribution in [0.5, 0.6) is 0 Å². The van der Waals surface area contributed by atoms with Gasteiger partial charge in [-0.05, 0) is 42.5 Å². The van der Waals surface area contributed by atoms with Crippen molar-refractivity contribution in [3.63, 3.8) is 0 Å². The van der Waals surface area contributed by atoms with Gasteiger partial charge in [0, 0.05) is 30.1 Å². The summed E-state index contributed by atoms with van der Waals surface area (Å²) >= 11 is 0. The average molecular weight is 350 g/mol. The Labute approximate surface area is 152 Å². The molecule has 1 aliphatic rings. The fourth-order valence-corrected chi connectivity index (χ4v) is 3.05. The minimum absolute atomic E-state index is 0.0330. The Bertz CT molecular complexity index is 898. The molecule has 0 radical (unpaired) electrons. The Hall–Kier alpha value is -2.68. The molecule has 5 nitrogen and oxygen atoms in total. The first-order valence-corrected chi connectivity index (χ1v) is 8.77. The maximum atomic E-state index is 12.2. The number of allylic oxidation sites excluding steroid dienone is 1. The topological polar surface area (TPSA) is 84.3 Å². The molecule has 134 valence electrons. The summed E-state index contributed by atoms with van der Waals surface area (Å²) in [4.78, 5) is 14.5. The fourth-order valence-electron chi connectivity index (χ4n) is 3.05. The van der Waals surface area contributed by atoms with E-state index in [1.807, 2.05) is 36.4 Å². The van der Waals surface area contributed by atoms with Crippen LogP contribution in [0.25, 0.3) is 16.8 Å². The normalized spacial score (nSPS) is 17.8. The lowest BCUT2D eigenvalue weighted by Gasteiger charge is -2.10. The molecular weight excluding hydrogens is 328 g/mol. The van der Waals surface area contributed by atoms with Crippen LogP contribution in [0.1, 0.15) is 25.3 Å². The molecule has 0 aromatic heterocycles. The number of hydrogen-bond acceptors (Lipinski definition) is 5. The highest BCUT2D eigenvalue weighted by Gasteiger charge is 2.30. The Morgan fingerprint density at radius 1 is 1.42 bits per heavy atom. The summed E-state index contributed by atoms with van der Waals surface area (Å²) < 4.78 is 0. The van der Waals surface area contributed by atoms with Crippen LogP contribution < -0.4 is 4.90 Å². The smallest absolute Gasteiger partial charge is 0.173 e. The molecule has 0 amide bonds. The van der Waals surface area contributed by atoms with E-state index in [0.29, 0.717) is 6.04 Å². The maximum absolute atomic E-state index is 12.2. The summed E-state index contributed by atoms with van der Waals surface area (Å²) in [6.07, 6.45) is 0.834. The fraction of sp³-hybridized carbons (Fsp3) is 0.333. The highest BCUT2D eigenvalue weighted by atomic mass is 16.3. The molecule has 1 heterocycles. The molecule has 2 aromatic carbocycles. The van der Waals surface area contributed by atoms with E-state index in [2.05, 4.69) is 17.9 Å². The first-order chi connectivity index (χ1) is 12.5. The van der Waals surface area contributed by atoms with Crippen LogP contribution >= 0.6 is 0 Å². The molecule has 0 spiro atoms. The molecule has 2 aromatic rings. The van der Waals surface area contributed by atoms with E-state index < -0.39 is 6.10 Å². The molecule has 1 fully saturated rings. The van der Waals surface area contributed by atoms with Crippen LogP contribution in [0.15, 0.2) is 42.0 Å². The molecular formula is C21H22N2O3. The van der Waals surface area contributed by atoms with Gasteiger partial charge < -0.3 is 15.1 Å². The molecule has 5 heteroatoms. The van der Waals surface area contributed by atoms with E-state index in [1.165, 1.54) is 5.69 Å². The van der Waals surface area contributed by atoms with Gasteiger partial charge in [0.15, 0.2) is 5.78 Å². The number of benzene rings is 2. The van der Waals surface area contributed by atoms with E-state index in [-0.39, 0.29) is 30.8 Å². The van der Waals surface area contributed by atoms with Crippen LogP contribution in [0.3, 0.4) is 0 Å². The number of anilines is 1. The van der Waals surface area contributed by atoms with Gasteiger partial charge in [-0.25, -0.2) is 0 Å². The zero-order chi connectivity index (χ0) is 18.7. The molecule has 0 bridgehead atoms. The number of nitrogens with zero attached hydrogens (tertiary/aromatic N) is 2. The average Bonchev–Trinajstić information content (AvgIpc) is 3.39. The lowest BCUT2D eigenvalue weighted by Crippen LogP contribution is -2.14. The zero-order valence-corrected chi connectivity index (χ0v) is 14.7. The van der Waals surface area contributed by atoms with E-state index in [9.17, 15) is 15.2 Å². The minimum Gasteiger partial charge on any atom is -0.394 e. The highest BCUT2D eigenvalue weighted by Crippen LogP contribution is 2.34. The van der Waals surface area contributed by atoms with Crippen LogP contribution in [-0.2, 0) is 4.79 Å². The van der Waals surface area contributed by atoms with Crippen molar-refractivity contribution in [3.8, 4) is 6.07 Å². The van der Waals surface area contributed by atoms with Crippen molar-refractivity contribution in [2.45, 2.75) is 31.9 Å². The lowest BCUT2D eigenvalue weighted by atomic mass is 10.0.